The number of rotatable bonds is 12. The van der Waals surface area contributed by atoms with Crippen molar-refractivity contribution in [3.63, 3.8) is 0 Å². The van der Waals surface area contributed by atoms with Crippen molar-refractivity contribution in [2.24, 2.45) is 0 Å². The van der Waals surface area contributed by atoms with Gasteiger partial charge in [0.1, 0.15) is 6.10 Å². The quantitative estimate of drug-likeness (QED) is 0.112. The number of hydrazine groups is 1. The number of benzene rings is 5. The number of likely N-dealkylation sites (tertiary alicyclic amines) is 1. The Morgan fingerprint density at radius 1 is 0.732 bits per heavy atom. The zero-order valence-electron chi connectivity index (χ0n) is 31.5. The molecule has 0 atom stereocenters. The lowest BCUT2D eigenvalue weighted by Crippen LogP contribution is -2.52. The van der Waals surface area contributed by atoms with Crippen molar-refractivity contribution in [1.29, 1.82) is 0 Å². The van der Waals surface area contributed by atoms with Crippen molar-refractivity contribution in [1.82, 2.24) is 15.1 Å². The molecule has 0 aromatic heterocycles. The number of hydrogen-bond acceptors (Lipinski definition) is 7. The lowest BCUT2D eigenvalue weighted by atomic mass is 10.0. The van der Waals surface area contributed by atoms with Crippen LogP contribution in [0.15, 0.2) is 133 Å². The number of likely N-dealkylation sites (N-methyl/N-ethyl adjacent to an activating group) is 2. The number of carboxylic acid groups (broad SMARTS) is 1. The van der Waals surface area contributed by atoms with Gasteiger partial charge in [0.25, 0.3) is 5.91 Å². The van der Waals surface area contributed by atoms with E-state index in [2.05, 4.69) is 15.5 Å². The summed E-state index contributed by atoms with van der Waals surface area (Å²) in [6.45, 7) is 2.48. The Kier molecular flexibility index (Phi) is 13.1. The zero-order chi connectivity index (χ0) is 39.4. The molecule has 0 unspecified atom stereocenters. The molecule has 0 saturated carbocycles. The van der Waals surface area contributed by atoms with Crippen molar-refractivity contribution in [3.8, 4) is 22.3 Å². The van der Waals surface area contributed by atoms with Gasteiger partial charge in [-0.2, -0.15) is 10.0 Å². The van der Waals surface area contributed by atoms with Gasteiger partial charge in [0, 0.05) is 55.6 Å². The molecule has 0 radical (unpaired) electrons. The van der Waals surface area contributed by atoms with Crippen molar-refractivity contribution in [2.45, 2.75) is 18.9 Å². The van der Waals surface area contributed by atoms with Gasteiger partial charge in [-0.25, -0.2) is 9.59 Å². The van der Waals surface area contributed by atoms with Crippen LogP contribution in [0.4, 0.5) is 26.7 Å². The van der Waals surface area contributed by atoms with Crippen LogP contribution in [-0.2, 0) is 9.53 Å². The van der Waals surface area contributed by atoms with E-state index < -0.39 is 18.3 Å². The van der Waals surface area contributed by atoms with Crippen LogP contribution in [0.3, 0.4) is 0 Å². The van der Waals surface area contributed by atoms with Crippen molar-refractivity contribution in [3.05, 3.63) is 139 Å². The highest BCUT2D eigenvalue weighted by atomic mass is 16.6. The van der Waals surface area contributed by atoms with E-state index in [9.17, 15) is 24.3 Å². The zero-order valence-corrected chi connectivity index (χ0v) is 31.5. The molecule has 6 rings (SSSR count). The Hall–Kier alpha value is -6.50. The summed E-state index contributed by atoms with van der Waals surface area (Å²) in [4.78, 5) is 56.9. The van der Waals surface area contributed by atoms with Crippen LogP contribution < -0.4 is 20.7 Å². The molecule has 1 aliphatic rings. The van der Waals surface area contributed by atoms with Crippen LogP contribution in [0.25, 0.3) is 22.3 Å². The Morgan fingerprint density at radius 3 is 1.86 bits per heavy atom. The van der Waals surface area contributed by atoms with Gasteiger partial charge in [-0.3, -0.25) is 9.59 Å². The van der Waals surface area contributed by atoms with E-state index in [0.717, 1.165) is 21.1 Å². The number of anilines is 3. The van der Waals surface area contributed by atoms with Crippen LogP contribution in [0.5, 0.6) is 0 Å². The standard InChI is InChI=1S/C44H46N6O6/c1-45-31-41(51)46-35-19-13-18-34(30-35)42(52)47(2)28-29-48-26-24-36(25-27-48)56-44(55)50(40-23-12-10-21-38(40)33-16-7-4-8-17-33)49(43(53)54)39-22-11-9-20-37(39)32-14-5-3-6-15-32/h3-23,30,36,45H,24-29,31H2,1-2H3,(H,46,51)(H,53,54). The summed E-state index contributed by atoms with van der Waals surface area (Å²) in [5.74, 6) is -0.358. The SMILES string of the molecule is CNCC(=O)Nc1cccc(C(=O)N(C)CCN2CCC(OC(=O)N(c3ccccc3-c3ccccc3)N(C(=O)O)c3ccccc3-c3ccccc3)CC2)c1. The summed E-state index contributed by atoms with van der Waals surface area (Å²) < 4.78 is 6.18. The largest absolute Gasteiger partial charge is 0.463 e. The fourth-order valence-corrected chi connectivity index (χ4v) is 6.78. The number of hydrogen-bond donors (Lipinski definition) is 3. The smallest absolute Gasteiger partial charge is 0.434 e. The number of carbonyl (C=O) groups is 4. The Bertz CT molecular complexity index is 2120. The van der Waals surface area contributed by atoms with Crippen LogP contribution >= 0.6 is 0 Å². The highest BCUT2D eigenvalue weighted by Gasteiger charge is 2.36. The number of ether oxygens (including phenoxy) is 1. The van der Waals surface area contributed by atoms with E-state index in [4.69, 9.17) is 4.74 Å². The van der Waals surface area contributed by atoms with Gasteiger partial charge in [-0.15, -0.1) is 0 Å². The highest BCUT2D eigenvalue weighted by molar-refractivity contribution is 6.06. The molecule has 0 bridgehead atoms. The molecule has 288 valence electrons. The summed E-state index contributed by atoms with van der Waals surface area (Å²) in [6, 6.07) is 40.1. The molecular weight excluding hydrogens is 709 g/mol. The summed E-state index contributed by atoms with van der Waals surface area (Å²) >= 11 is 0. The molecule has 1 saturated heterocycles. The second-order valence-corrected chi connectivity index (χ2v) is 13.5. The average molecular weight is 755 g/mol. The van der Waals surface area contributed by atoms with Crippen molar-refractivity contribution in [2.75, 3.05) is 62.2 Å². The predicted octanol–water partition coefficient (Wildman–Crippen LogP) is 7.46. The molecule has 12 heteroatoms. The van der Waals surface area contributed by atoms with E-state index in [1.54, 1.807) is 67.5 Å². The lowest BCUT2D eigenvalue weighted by molar-refractivity contribution is -0.115. The lowest BCUT2D eigenvalue weighted by Gasteiger charge is -2.37. The first-order chi connectivity index (χ1) is 27.2. The predicted molar refractivity (Wildman–Crippen MR) is 219 cm³/mol. The normalized spacial score (nSPS) is 13.0. The molecule has 0 aliphatic carbocycles. The van der Waals surface area contributed by atoms with E-state index in [-0.39, 0.29) is 18.4 Å². The van der Waals surface area contributed by atoms with E-state index in [1.807, 2.05) is 84.9 Å². The van der Waals surface area contributed by atoms with Gasteiger partial charge in [0.05, 0.1) is 17.9 Å². The van der Waals surface area contributed by atoms with Gasteiger partial charge < -0.3 is 30.3 Å². The molecule has 5 aromatic rings. The third kappa shape index (κ3) is 9.59. The molecule has 3 N–H and O–H groups in total. The first-order valence-corrected chi connectivity index (χ1v) is 18.6. The van der Waals surface area contributed by atoms with Gasteiger partial charge in [-0.05, 0) is 61.3 Å². The number of nitrogens with zero attached hydrogens (tertiary/aromatic N) is 4. The van der Waals surface area contributed by atoms with Crippen LogP contribution in [0.2, 0.25) is 0 Å². The minimum absolute atomic E-state index is 0.161. The first kappa shape index (κ1) is 39.2. The van der Waals surface area contributed by atoms with Crippen LogP contribution in [0.1, 0.15) is 23.2 Å². The molecular formula is C44H46N6O6. The average Bonchev–Trinajstić information content (AvgIpc) is 3.22. The fourth-order valence-electron chi connectivity index (χ4n) is 6.78. The summed E-state index contributed by atoms with van der Waals surface area (Å²) in [5.41, 5.74) is 4.56. The fraction of sp³-hybridized carbons (Fsp3) is 0.227. The summed E-state index contributed by atoms with van der Waals surface area (Å²) in [6.07, 6.45) is -1.58. The third-order valence-corrected chi connectivity index (χ3v) is 9.62. The topological polar surface area (TPSA) is 135 Å². The van der Waals surface area contributed by atoms with Crippen LogP contribution in [0, 0.1) is 0 Å². The Balaban J connectivity index is 1.17. The van der Waals surface area contributed by atoms with Crippen molar-refractivity contribution >= 4 is 41.1 Å². The number of piperidine rings is 1. The number of nitrogens with one attached hydrogen (secondary N) is 2. The Morgan fingerprint density at radius 2 is 1.29 bits per heavy atom. The number of para-hydroxylation sites is 2. The minimum Gasteiger partial charge on any atom is -0.463 e. The monoisotopic (exact) mass is 754 g/mol. The molecule has 1 heterocycles. The van der Waals surface area contributed by atoms with Gasteiger partial charge in [0.2, 0.25) is 5.91 Å². The van der Waals surface area contributed by atoms with E-state index >= 15 is 0 Å². The van der Waals surface area contributed by atoms with E-state index in [0.29, 0.717) is 72.8 Å². The molecule has 5 aromatic carbocycles. The first-order valence-electron chi connectivity index (χ1n) is 18.6. The maximum absolute atomic E-state index is 14.5. The Labute approximate surface area is 326 Å². The number of carbonyl (C=O) groups excluding carboxylic acids is 3. The van der Waals surface area contributed by atoms with E-state index in [1.165, 1.54) is 0 Å². The summed E-state index contributed by atoms with van der Waals surface area (Å²) in [5, 5.41) is 18.6. The number of amides is 4. The molecule has 56 heavy (non-hydrogen) atoms. The van der Waals surface area contributed by atoms with Crippen molar-refractivity contribution < 1.29 is 29.0 Å². The molecule has 12 nitrogen and oxygen atoms in total. The van der Waals surface area contributed by atoms with Gasteiger partial charge in [-0.1, -0.05) is 103 Å². The molecule has 1 aliphatic heterocycles. The van der Waals surface area contributed by atoms with Gasteiger partial charge in [0.15, 0.2) is 0 Å². The van der Waals surface area contributed by atoms with Crippen LogP contribution in [-0.4, -0.2) is 91.8 Å². The van der Waals surface area contributed by atoms with Gasteiger partial charge >= 0.3 is 12.2 Å². The third-order valence-electron chi connectivity index (χ3n) is 9.62. The molecule has 1 fully saturated rings. The minimum atomic E-state index is -1.35. The second kappa shape index (κ2) is 18.7. The second-order valence-electron chi connectivity index (χ2n) is 13.5. The summed E-state index contributed by atoms with van der Waals surface area (Å²) in [7, 11) is 3.43. The maximum atomic E-state index is 14.5. The molecule has 0 spiro atoms. The molecule has 4 amide bonds. The highest BCUT2D eigenvalue weighted by Crippen LogP contribution is 2.38. The maximum Gasteiger partial charge on any atom is 0.434 e.